The number of carbonyl (C=O) groups excluding carboxylic acids is 6. The van der Waals surface area contributed by atoms with E-state index in [2.05, 4.69) is 46.9 Å². The first kappa shape index (κ1) is 42.5. The first-order valence-electron chi connectivity index (χ1n) is 19.1. The van der Waals surface area contributed by atoms with Crippen molar-refractivity contribution >= 4 is 46.3 Å². The van der Waals surface area contributed by atoms with Crippen molar-refractivity contribution in [3.63, 3.8) is 0 Å². The van der Waals surface area contributed by atoms with Gasteiger partial charge in [-0.1, -0.05) is 51.8 Å². The summed E-state index contributed by atoms with van der Waals surface area (Å²) in [5, 5.41) is 27.4. The van der Waals surface area contributed by atoms with Crippen LogP contribution in [-0.2, 0) is 41.6 Å². The monoisotopic (exact) mass is 764 g/mol. The number of nitrogens with two attached hydrogens (primary N) is 1. The van der Waals surface area contributed by atoms with Gasteiger partial charge in [0.05, 0.1) is 12.9 Å². The number of unbranched alkanes of at least 4 members (excludes halogenated alkanes) is 2. The van der Waals surface area contributed by atoms with E-state index in [9.17, 15) is 33.9 Å². The van der Waals surface area contributed by atoms with Crippen LogP contribution in [0.25, 0.3) is 10.9 Å². The van der Waals surface area contributed by atoms with Crippen LogP contribution in [0.5, 0.6) is 0 Å². The zero-order chi connectivity index (χ0) is 39.9. The largest absolute Gasteiger partial charge is 0.394 e. The van der Waals surface area contributed by atoms with Crippen molar-refractivity contribution in [2.75, 3.05) is 13.2 Å². The van der Waals surface area contributed by atoms with Crippen LogP contribution in [0.3, 0.4) is 0 Å². The summed E-state index contributed by atoms with van der Waals surface area (Å²) in [6, 6.07) is 0.176. The van der Waals surface area contributed by atoms with Crippen molar-refractivity contribution < 1.29 is 33.9 Å². The number of nitrogens with zero attached hydrogens (tertiary/aromatic N) is 1. The molecule has 11 N–H and O–H groups in total. The van der Waals surface area contributed by atoms with E-state index in [-0.39, 0.29) is 38.0 Å². The van der Waals surface area contributed by atoms with Crippen molar-refractivity contribution in [3.8, 4) is 0 Å². The zero-order valence-electron chi connectivity index (χ0n) is 31.8. The quantitative estimate of drug-likeness (QED) is 0.0986. The van der Waals surface area contributed by atoms with E-state index in [0.29, 0.717) is 37.9 Å². The molecule has 1 saturated heterocycles. The molecule has 17 heteroatoms. The number of hydrogen-bond acceptors (Lipinski definition) is 9. The number of fused-ring (bicyclic) bond motifs is 1. The normalized spacial score (nSPS) is 23.6. The lowest BCUT2D eigenvalue weighted by molar-refractivity contribution is -0.137. The van der Waals surface area contributed by atoms with Crippen LogP contribution < -0.4 is 37.6 Å². The second-order valence-electron chi connectivity index (χ2n) is 14.5. The molecule has 3 aromatic rings. The molecule has 0 bridgehead atoms. The summed E-state index contributed by atoms with van der Waals surface area (Å²) >= 11 is 0. The SMILES string of the molecule is CCCC[C@@H]1NC(=O)[C@H](CC(C)C)NC(=O)[C@H](CCCCN)NC(=O)[C@@H](CO)NC(=O)[C@H](Cc2cnc[nH]2)NC(=O)[C@@H](Cc2c[nH]c3ccccc23)NC1=O. The highest BCUT2D eigenvalue weighted by atomic mass is 16.3. The van der Waals surface area contributed by atoms with E-state index in [1.807, 2.05) is 45.0 Å². The summed E-state index contributed by atoms with van der Waals surface area (Å²) in [5.41, 5.74) is 7.71. The van der Waals surface area contributed by atoms with E-state index < -0.39 is 78.3 Å². The number of hydrogen-bond donors (Lipinski definition) is 10. The maximum absolute atomic E-state index is 14.3. The summed E-state index contributed by atoms with van der Waals surface area (Å²) in [7, 11) is 0. The molecule has 2 aromatic heterocycles. The molecule has 300 valence electrons. The Labute approximate surface area is 320 Å². The van der Waals surface area contributed by atoms with Crippen LogP contribution in [0, 0.1) is 5.92 Å². The first-order valence-corrected chi connectivity index (χ1v) is 19.1. The van der Waals surface area contributed by atoms with Crippen LogP contribution in [0.15, 0.2) is 43.0 Å². The highest BCUT2D eigenvalue weighted by molar-refractivity contribution is 5.98. The fraction of sp³-hybridized carbons (Fsp3) is 0.553. The zero-order valence-corrected chi connectivity index (χ0v) is 31.8. The van der Waals surface area contributed by atoms with Crippen molar-refractivity contribution in [2.45, 2.75) is 115 Å². The molecule has 55 heavy (non-hydrogen) atoms. The second kappa shape index (κ2) is 21.0. The second-order valence-corrected chi connectivity index (χ2v) is 14.5. The van der Waals surface area contributed by atoms with Gasteiger partial charge in [-0.05, 0) is 56.2 Å². The molecule has 3 heterocycles. The van der Waals surface area contributed by atoms with Gasteiger partial charge >= 0.3 is 0 Å². The first-order chi connectivity index (χ1) is 26.4. The van der Waals surface area contributed by atoms with Gasteiger partial charge in [-0.2, -0.15) is 0 Å². The topological polar surface area (TPSA) is 265 Å². The number of aromatic amines is 2. The minimum absolute atomic E-state index is 0.0215. The van der Waals surface area contributed by atoms with Crippen molar-refractivity contribution in [2.24, 2.45) is 11.7 Å². The standard InChI is InChI=1S/C38H56N10O7/c1-4-5-11-27-33(50)46-30(16-23-18-41-26-12-7-6-10-25(23)26)36(53)47-31(17-24-19-40-21-42-24)37(54)48-32(20-49)38(55)44-28(13-8-9-14-39)34(51)45-29(15-22(2)3)35(52)43-27/h6-7,10,12,18-19,21-22,27-32,41,49H,4-5,8-9,11,13-17,20,39H2,1-3H3,(H,40,42)(H,43,52)(H,44,55)(H,45,51)(H,46,50)(H,47,53)(H,48,54)/t27-,28-,29-,30+,31-,32+/m0/s1. The van der Waals surface area contributed by atoms with Crippen molar-refractivity contribution in [1.29, 1.82) is 0 Å². The Morgan fingerprint density at radius 1 is 0.691 bits per heavy atom. The Kier molecular flexibility index (Phi) is 16.2. The Balaban J connectivity index is 1.76. The van der Waals surface area contributed by atoms with Crippen LogP contribution in [-0.4, -0.2) is 105 Å². The number of aliphatic hydroxyl groups excluding tert-OH is 1. The molecular weight excluding hydrogens is 708 g/mol. The number of aromatic nitrogens is 3. The van der Waals surface area contributed by atoms with Gasteiger partial charge in [-0.25, -0.2) is 4.98 Å². The van der Waals surface area contributed by atoms with Crippen molar-refractivity contribution in [1.82, 2.24) is 46.9 Å². The number of imidazole rings is 1. The highest BCUT2D eigenvalue weighted by Gasteiger charge is 2.35. The van der Waals surface area contributed by atoms with Crippen LogP contribution >= 0.6 is 0 Å². The van der Waals surface area contributed by atoms with Crippen LogP contribution in [0.2, 0.25) is 0 Å². The van der Waals surface area contributed by atoms with E-state index in [1.54, 1.807) is 6.20 Å². The summed E-state index contributed by atoms with van der Waals surface area (Å²) in [5.74, 6) is -4.24. The van der Waals surface area contributed by atoms with E-state index in [0.717, 1.165) is 16.5 Å². The molecule has 0 saturated carbocycles. The average Bonchev–Trinajstić information content (AvgIpc) is 3.83. The average molecular weight is 765 g/mol. The number of rotatable bonds is 14. The molecule has 1 aromatic carbocycles. The van der Waals surface area contributed by atoms with Gasteiger partial charge in [-0.3, -0.25) is 28.8 Å². The third kappa shape index (κ3) is 12.4. The third-order valence-corrected chi connectivity index (χ3v) is 9.56. The molecule has 0 radical (unpaired) electrons. The molecule has 6 atom stereocenters. The molecule has 1 aliphatic heterocycles. The van der Waals surface area contributed by atoms with Gasteiger partial charge in [0.15, 0.2) is 0 Å². The lowest BCUT2D eigenvalue weighted by Gasteiger charge is -2.29. The molecule has 0 spiro atoms. The van der Waals surface area contributed by atoms with E-state index in [1.165, 1.54) is 12.5 Å². The molecule has 6 amide bonds. The fourth-order valence-corrected chi connectivity index (χ4v) is 6.52. The Morgan fingerprint density at radius 3 is 1.84 bits per heavy atom. The Bertz CT molecular complexity index is 1740. The number of H-pyrrole nitrogens is 2. The third-order valence-electron chi connectivity index (χ3n) is 9.56. The smallest absolute Gasteiger partial charge is 0.245 e. The molecule has 0 unspecified atom stereocenters. The minimum atomic E-state index is -1.51. The van der Waals surface area contributed by atoms with E-state index in [4.69, 9.17) is 5.73 Å². The van der Waals surface area contributed by atoms with Crippen LogP contribution in [0.1, 0.15) is 77.0 Å². The molecule has 1 aliphatic rings. The van der Waals surface area contributed by atoms with Gasteiger partial charge in [0, 0.05) is 41.8 Å². The lowest BCUT2D eigenvalue weighted by atomic mass is 10.00. The number of para-hydroxylation sites is 1. The number of amides is 6. The Morgan fingerprint density at radius 2 is 1.24 bits per heavy atom. The van der Waals surface area contributed by atoms with Gasteiger partial charge in [-0.15, -0.1) is 0 Å². The molecule has 4 rings (SSSR count). The van der Waals surface area contributed by atoms with Crippen molar-refractivity contribution in [3.05, 3.63) is 54.2 Å². The summed E-state index contributed by atoms with van der Waals surface area (Å²) < 4.78 is 0. The lowest BCUT2D eigenvalue weighted by Crippen LogP contribution is -2.62. The molecule has 1 fully saturated rings. The predicted octanol–water partition coefficient (Wildman–Crippen LogP) is -0.0438. The van der Waals surface area contributed by atoms with Gasteiger partial charge in [0.2, 0.25) is 35.4 Å². The van der Waals surface area contributed by atoms with Crippen LogP contribution in [0.4, 0.5) is 0 Å². The number of nitrogens with one attached hydrogen (secondary N) is 8. The van der Waals surface area contributed by atoms with Gasteiger partial charge in [0.1, 0.15) is 36.3 Å². The maximum Gasteiger partial charge on any atom is 0.245 e. The Hall–Kier alpha value is -5.29. The fourth-order valence-electron chi connectivity index (χ4n) is 6.52. The molecule has 0 aliphatic carbocycles. The number of benzene rings is 1. The number of carbonyl (C=O) groups is 6. The highest BCUT2D eigenvalue weighted by Crippen LogP contribution is 2.20. The maximum atomic E-state index is 14.3. The van der Waals surface area contributed by atoms with Gasteiger partial charge < -0.3 is 52.7 Å². The summed E-state index contributed by atoms with van der Waals surface area (Å²) in [4.78, 5) is 93.7. The molecular formula is C38H56N10O7. The number of aliphatic hydroxyl groups is 1. The van der Waals surface area contributed by atoms with Gasteiger partial charge in [0.25, 0.3) is 0 Å². The van der Waals surface area contributed by atoms with E-state index >= 15 is 0 Å². The summed E-state index contributed by atoms with van der Waals surface area (Å²) in [6.45, 7) is 5.24. The summed E-state index contributed by atoms with van der Waals surface area (Å²) in [6.07, 6.45) is 7.52. The minimum Gasteiger partial charge on any atom is -0.394 e. The molecule has 17 nitrogen and oxygen atoms in total. The predicted molar refractivity (Wildman–Crippen MR) is 205 cm³/mol.